The van der Waals surface area contributed by atoms with E-state index in [0.29, 0.717) is 6.54 Å². The second-order valence-electron chi connectivity index (χ2n) is 4.93. The predicted octanol–water partition coefficient (Wildman–Crippen LogP) is 0.705. The molecule has 0 radical (unpaired) electrons. The van der Waals surface area contributed by atoms with Crippen molar-refractivity contribution in [1.82, 2.24) is 15.1 Å². The molecule has 0 bridgehead atoms. The van der Waals surface area contributed by atoms with Gasteiger partial charge in [0.15, 0.2) is 0 Å². The maximum Gasteiger partial charge on any atom is 0.242 e. The molecule has 0 saturated carbocycles. The van der Waals surface area contributed by atoms with Crippen LogP contribution in [0.2, 0.25) is 0 Å². The van der Waals surface area contributed by atoms with Crippen LogP contribution in [0.25, 0.3) is 0 Å². The molecular weight excluding hydrogens is 214 g/mol. The average Bonchev–Trinajstić information content (AvgIpc) is 2.36. The fourth-order valence-electron chi connectivity index (χ4n) is 2.26. The fourth-order valence-corrected chi connectivity index (χ4v) is 2.26. The molecule has 0 aromatic heterocycles. The lowest BCUT2D eigenvalue weighted by Crippen LogP contribution is -2.60. The van der Waals surface area contributed by atoms with Gasteiger partial charge < -0.3 is 10.2 Å². The molecule has 4 heteroatoms. The molecule has 1 N–H and O–H groups in total. The first kappa shape index (κ1) is 14.2. The van der Waals surface area contributed by atoms with E-state index in [1.807, 2.05) is 25.7 Å². The molecule has 1 fully saturated rings. The van der Waals surface area contributed by atoms with Gasteiger partial charge in [0.1, 0.15) is 0 Å². The van der Waals surface area contributed by atoms with Gasteiger partial charge in [-0.2, -0.15) is 0 Å². The van der Waals surface area contributed by atoms with E-state index < -0.39 is 5.54 Å². The van der Waals surface area contributed by atoms with Crippen LogP contribution in [0.5, 0.6) is 0 Å². The number of hydrogen-bond donors (Lipinski definition) is 1. The maximum atomic E-state index is 12.5. The highest BCUT2D eigenvalue weighted by Crippen LogP contribution is 2.18. The highest BCUT2D eigenvalue weighted by atomic mass is 16.2. The van der Waals surface area contributed by atoms with Crippen LogP contribution in [0.15, 0.2) is 12.7 Å². The first-order chi connectivity index (χ1) is 8.04. The molecule has 0 aliphatic carbocycles. The molecule has 0 unspecified atom stereocenters. The van der Waals surface area contributed by atoms with Crippen LogP contribution >= 0.6 is 0 Å². The SMILES string of the molecule is C=CCN(CC)C(=O)C(C)(C)N1CCNCC1. The van der Waals surface area contributed by atoms with Gasteiger partial charge >= 0.3 is 0 Å². The topological polar surface area (TPSA) is 35.6 Å². The van der Waals surface area contributed by atoms with Crippen LogP contribution in [0.1, 0.15) is 20.8 Å². The second-order valence-corrected chi connectivity index (χ2v) is 4.93. The quantitative estimate of drug-likeness (QED) is 0.718. The predicted molar refractivity (Wildman–Crippen MR) is 71.0 cm³/mol. The van der Waals surface area contributed by atoms with Crippen molar-refractivity contribution in [2.45, 2.75) is 26.3 Å². The number of carbonyl (C=O) groups excluding carboxylic acids is 1. The van der Waals surface area contributed by atoms with Crippen molar-refractivity contribution in [1.29, 1.82) is 0 Å². The highest BCUT2D eigenvalue weighted by molar-refractivity contribution is 5.85. The minimum atomic E-state index is -0.416. The van der Waals surface area contributed by atoms with Gasteiger partial charge in [-0.05, 0) is 20.8 Å². The first-order valence-corrected chi connectivity index (χ1v) is 6.40. The van der Waals surface area contributed by atoms with Gasteiger partial charge in [0, 0.05) is 39.3 Å². The lowest BCUT2D eigenvalue weighted by atomic mass is 9.99. The van der Waals surface area contributed by atoms with Crippen LogP contribution in [-0.2, 0) is 4.79 Å². The Morgan fingerprint density at radius 2 is 2.06 bits per heavy atom. The number of piperazine rings is 1. The Labute approximate surface area is 105 Å². The van der Waals surface area contributed by atoms with E-state index in [1.54, 1.807) is 6.08 Å². The van der Waals surface area contributed by atoms with E-state index in [9.17, 15) is 4.79 Å². The van der Waals surface area contributed by atoms with E-state index in [-0.39, 0.29) is 5.91 Å². The van der Waals surface area contributed by atoms with E-state index in [4.69, 9.17) is 0 Å². The molecule has 0 spiro atoms. The zero-order chi connectivity index (χ0) is 12.9. The zero-order valence-electron chi connectivity index (χ0n) is 11.3. The number of nitrogens with one attached hydrogen (secondary N) is 1. The van der Waals surface area contributed by atoms with E-state index >= 15 is 0 Å². The normalized spacial score (nSPS) is 17.8. The molecule has 1 rings (SSSR count). The molecule has 98 valence electrons. The van der Waals surface area contributed by atoms with E-state index in [2.05, 4.69) is 16.8 Å². The Hall–Kier alpha value is -0.870. The molecule has 1 saturated heterocycles. The van der Waals surface area contributed by atoms with Crippen molar-refractivity contribution < 1.29 is 4.79 Å². The third kappa shape index (κ3) is 3.30. The highest BCUT2D eigenvalue weighted by Gasteiger charge is 2.37. The lowest BCUT2D eigenvalue weighted by molar-refractivity contribution is -0.142. The summed E-state index contributed by atoms with van der Waals surface area (Å²) in [5, 5.41) is 3.31. The van der Waals surface area contributed by atoms with Crippen LogP contribution in [0.3, 0.4) is 0 Å². The number of carbonyl (C=O) groups is 1. The third-order valence-electron chi connectivity index (χ3n) is 3.45. The largest absolute Gasteiger partial charge is 0.338 e. The van der Waals surface area contributed by atoms with Crippen molar-refractivity contribution in [3.63, 3.8) is 0 Å². The van der Waals surface area contributed by atoms with Crippen molar-refractivity contribution in [3.8, 4) is 0 Å². The molecule has 0 aromatic rings. The second kappa shape index (κ2) is 6.17. The van der Waals surface area contributed by atoms with Crippen molar-refractivity contribution in [2.75, 3.05) is 39.3 Å². The summed E-state index contributed by atoms with van der Waals surface area (Å²) < 4.78 is 0. The maximum absolute atomic E-state index is 12.5. The molecular formula is C13H25N3O. The number of amides is 1. The lowest BCUT2D eigenvalue weighted by Gasteiger charge is -2.42. The molecule has 1 heterocycles. The number of nitrogens with zero attached hydrogens (tertiary/aromatic N) is 2. The number of hydrogen-bond acceptors (Lipinski definition) is 3. The summed E-state index contributed by atoms with van der Waals surface area (Å²) in [6.45, 7) is 14.9. The fraction of sp³-hybridized carbons (Fsp3) is 0.769. The molecule has 1 aliphatic heterocycles. The summed E-state index contributed by atoms with van der Waals surface area (Å²) >= 11 is 0. The number of likely N-dealkylation sites (N-methyl/N-ethyl adjacent to an activating group) is 1. The Morgan fingerprint density at radius 1 is 1.47 bits per heavy atom. The van der Waals surface area contributed by atoms with Gasteiger partial charge in [0.2, 0.25) is 5.91 Å². The Balaban J connectivity index is 2.72. The van der Waals surface area contributed by atoms with Crippen molar-refractivity contribution in [2.24, 2.45) is 0 Å². The van der Waals surface area contributed by atoms with Crippen molar-refractivity contribution >= 4 is 5.91 Å². The monoisotopic (exact) mass is 239 g/mol. The van der Waals surface area contributed by atoms with Gasteiger partial charge in [-0.25, -0.2) is 0 Å². The van der Waals surface area contributed by atoms with E-state index in [0.717, 1.165) is 32.7 Å². The van der Waals surface area contributed by atoms with Gasteiger partial charge in [-0.1, -0.05) is 6.08 Å². The van der Waals surface area contributed by atoms with Crippen LogP contribution < -0.4 is 5.32 Å². The summed E-state index contributed by atoms with van der Waals surface area (Å²) in [6, 6.07) is 0. The summed E-state index contributed by atoms with van der Waals surface area (Å²) in [5.41, 5.74) is -0.416. The number of rotatable bonds is 5. The molecule has 1 amide bonds. The van der Waals surface area contributed by atoms with Crippen LogP contribution in [0.4, 0.5) is 0 Å². The molecule has 17 heavy (non-hydrogen) atoms. The minimum Gasteiger partial charge on any atom is -0.338 e. The summed E-state index contributed by atoms with van der Waals surface area (Å²) in [7, 11) is 0. The van der Waals surface area contributed by atoms with E-state index in [1.165, 1.54) is 0 Å². The van der Waals surface area contributed by atoms with Gasteiger partial charge in [0.05, 0.1) is 5.54 Å². The standard InChI is InChI=1S/C13H25N3O/c1-5-9-15(6-2)12(17)13(3,4)16-10-7-14-8-11-16/h5,14H,1,6-11H2,2-4H3. The smallest absolute Gasteiger partial charge is 0.242 e. The van der Waals surface area contributed by atoms with Crippen LogP contribution in [0, 0.1) is 0 Å². The molecule has 0 atom stereocenters. The first-order valence-electron chi connectivity index (χ1n) is 6.40. The molecule has 4 nitrogen and oxygen atoms in total. The summed E-state index contributed by atoms with van der Waals surface area (Å²) in [4.78, 5) is 16.6. The Bertz CT molecular complexity index is 270. The van der Waals surface area contributed by atoms with Crippen LogP contribution in [-0.4, -0.2) is 60.5 Å². The van der Waals surface area contributed by atoms with Gasteiger partial charge in [-0.15, -0.1) is 6.58 Å². The average molecular weight is 239 g/mol. The van der Waals surface area contributed by atoms with Crippen molar-refractivity contribution in [3.05, 3.63) is 12.7 Å². The minimum absolute atomic E-state index is 0.196. The summed E-state index contributed by atoms with van der Waals surface area (Å²) in [6.07, 6.45) is 1.79. The van der Waals surface area contributed by atoms with Gasteiger partial charge in [0.25, 0.3) is 0 Å². The Morgan fingerprint density at radius 3 is 2.53 bits per heavy atom. The third-order valence-corrected chi connectivity index (χ3v) is 3.45. The Kier molecular flexibility index (Phi) is 5.15. The molecule has 0 aromatic carbocycles. The van der Waals surface area contributed by atoms with Gasteiger partial charge in [-0.3, -0.25) is 9.69 Å². The summed E-state index contributed by atoms with van der Waals surface area (Å²) in [5.74, 6) is 0.196. The molecule has 1 aliphatic rings. The zero-order valence-corrected chi connectivity index (χ0v) is 11.3.